The molecule has 18 heavy (non-hydrogen) atoms. The van der Waals surface area contributed by atoms with Gasteiger partial charge in [0.25, 0.3) is 0 Å². The number of aromatic nitrogens is 2. The number of anilines is 1. The van der Waals surface area contributed by atoms with E-state index in [1.54, 1.807) is 0 Å². The highest BCUT2D eigenvalue weighted by molar-refractivity contribution is 6.31. The summed E-state index contributed by atoms with van der Waals surface area (Å²) in [6.07, 6.45) is 3.78. The molecule has 2 aliphatic rings. The van der Waals surface area contributed by atoms with Gasteiger partial charge in [-0.3, -0.25) is 4.90 Å². The molecule has 0 bridgehead atoms. The summed E-state index contributed by atoms with van der Waals surface area (Å²) in [5.41, 5.74) is 1.85. The van der Waals surface area contributed by atoms with Gasteiger partial charge in [0.1, 0.15) is 0 Å². The van der Waals surface area contributed by atoms with Gasteiger partial charge >= 0.3 is 0 Å². The predicted octanol–water partition coefficient (Wildman–Crippen LogP) is 2.40. The first-order valence-electron chi connectivity index (χ1n) is 6.66. The largest absolute Gasteiger partial charge is 0.363 e. The molecular formula is C13H19ClN4. The number of halogens is 1. The Kier molecular flexibility index (Phi) is 3.16. The fraction of sp³-hybridized carbons (Fsp3) is 0.692. The maximum Gasteiger partial charge on any atom is 0.171 e. The molecule has 0 radical (unpaired) electrons. The molecule has 0 spiro atoms. The molecule has 0 aromatic carbocycles. The summed E-state index contributed by atoms with van der Waals surface area (Å²) in [6, 6.07) is 1.13. The number of nitrogens with one attached hydrogen (secondary N) is 1. The summed E-state index contributed by atoms with van der Waals surface area (Å²) in [5.74, 6) is 0.749. The van der Waals surface area contributed by atoms with Crippen molar-refractivity contribution in [1.29, 1.82) is 0 Å². The van der Waals surface area contributed by atoms with Crippen molar-refractivity contribution in [1.82, 2.24) is 14.9 Å². The van der Waals surface area contributed by atoms with Crippen LogP contribution in [0.5, 0.6) is 0 Å². The van der Waals surface area contributed by atoms with E-state index in [0.717, 1.165) is 17.2 Å². The second kappa shape index (κ2) is 4.67. The van der Waals surface area contributed by atoms with E-state index in [0.29, 0.717) is 17.2 Å². The smallest absolute Gasteiger partial charge is 0.171 e. The van der Waals surface area contributed by atoms with E-state index in [1.165, 1.54) is 32.4 Å². The molecule has 2 fully saturated rings. The van der Waals surface area contributed by atoms with Gasteiger partial charge in [0.05, 0.1) is 11.4 Å². The van der Waals surface area contributed by atoms with Crippen LogP contribution in [-0.4, -0.2) is 40.0 Å². The van der Waals surface area contributed by atoms with Crippen LogP contribution in [0.2, 0.25) is 5.15 Å². The normalized spacial score (nSPS) is 27.5. The standard InChI is InChI=1S/C13H19ClN4/c1-8-9(2)16-13(12(14)15-8)17-10-5-7-18-6-3-4-11(10)18/h10-11H,3-7H2,1-2H3,(H,16,17). The van der Waals surface area contributed by atoms with Gasteiger partial charge in [-0.05, 0) is 39.7 Å². The van der Waals surface area contributed by atoms with Crippen molar-refractivity contribution >= 4 is 17.4 Å². The van der Waals surface area contributed by atoms with Crippen LogP contribution in [0.15, 0.2) is 0 Å². The fourth-order valence-corrected chi connectivity index (χ4v) is 3.32. The van der Waals surface area contributed by atoms with Gasteiger partial charge in [-0.25, -0.2) is 9.97 Å². The first-order chi connectivity index (χ1) is 8.65. The highest BCUT2D eigenvalue weighted by Gasteiger charge is 2.37. The predicted molar refractivity (Wildman–Crippen MR) is 73.1 cm³/mol. The number of hydrogen-bond acceptors (Lipinski definition) is 4. The van der Waals surface area contributed by atoms with Crippen molar-refractivity contribution in [2.24, 2.45) is 0 Å². The second-order valence-electron chi connectivity index (χ2n) is 5.32. The van der Waals surface area contributed by atoms with E-state index in [4.69, 9.17) is 11.6 Å². The molecule has 98 valence electrons. The molecule has 3 rings (SSSR count). The summed E-state index contributed by atoms with van der Waals surface area (Å²) in [6.45, 7) is 6.35. The molecule has 2 saturated heterocycles. The average molecular weight is 267 g/mol. The average Bonchev–Trinajstić information content (AvgIpc) is 2.90. The SMILES string of the molecule is Cc1nc(Cl)c(NC2CCN3CCCC23)nc1C. The van der Waals surface area contributed by atoms with Crippen LogP contribution in [0.4, 0.5) is 5.82 Å². The van der Waals surface area contributed by atoms with Crippen molar-refractivity contribution in [3.05, 3.63) is 16.5 Å². The van der Waals surface area contributed by atoms with Gasteiger partial charge in [0, 0.05) is 18.6 Å². The lowest BCUT2D eigenvalue weighted by Gasteiger charge is -2.22. The van der Waals surface area contributed by atoms with E-state index in [1.807, 2.05) is 13.8 Å². The second-order valence-corrected chi connectivity index (χ2v) is 5.68. The zero-order valence-electron chi connectivity index (χ0n) is 10.9. The van der Waals surface area contributed by atoms with Crippen molar-refractivity contribution in [2.75, 3.05) is 18.4 Å². The Balaban J connectivity index is 1.78. The van der Waals surface area contributed by atoms with E-state index in [-0.39, 0.29) is 0 Å². The third-order valence-corrected chi connectivity index (χ3v) is 4.46. The van der Waals surface area contributed by atoms with Crippen molar-refractivity contribution in [3.8, 4) is 0 Å². The van der Waals surface area contributed by atoms with Gasteiger partial charge in [-0.2, -0.15) is 0 Å². The van der Waals surface area contributed by atoms with Crippen molar-refractivity contribution in [3.63, 3.8) is 0 Å². The Morgan fingerprint density at radius 1 is 1.17 bits per heavy atom. The Labute approximate surface area is 113 Å². The first-order valence-corrected chi connectivity index (χ1v) is 7.04. The van der Waals surface area contributed by atoms with Crippen molar-refractivity contribution in [2.45, 2.75) is 45.2 Å². The monoisotopic (exact) mass is 266 g/mol. The third-order valence-electron chi connectivity index (χ3n) is 4.19. The molecule has 3 heterocycles. The number of rotatable bonds is 2. The van der Waals surface area contributed by atoms with Gasteiger partial charge in [0.2, 0.25) is 0 Å². The van der Waals surface area contributed by atoms with Crippen LogP contribution in [0.25, 0.3) is 0 Å². The van der Waals surface area contributed by atoms with Crippen LogP contribution in [0, 0.1) is 13.8 Å². The Morgan fingerprint density at radius 2 is 1.94 bits per heavy atom. The third kappa shape index (κ3) is 2.08. The summed E-state index contributed by atoms with van der Waals surface area (Å²) in [7, 11) is 0. The Hall–Kier alpha value is -0.870. The zero-order valence-corrected chi connectivity index (χ0v) is 11.7. The lowest BCUT2D eigenvalue weighted by Crippen LogP contribution is -2.34. The Bertz CT molecular complexity index is 463. The van der Waals surface area contributed by atoms with Crippen LogP contribution < -0.4 is 5.32 Å². The van der Waals surface area contributed by atoms with E-state index < -0.39 is 0 Å². The molecule has 5 heteroatoms. The quantitative estimate of drug-likeness (QED) is 0.893. The number of nitrogens with zero attached hydrogens (tertiary/aromatic N) is 3. The Morgan fingerprint density at radius 3 is 2.78 bits per heavy atom. The number of hydrogen-bond donors (Lipinski definition) is 1. The van der Waals surface area contributed by atoms with E-state index in [2.05, 4.69) is 20.2 Å². The number of aryl methyl sites for hydroxylation is 2. The number of fused-ring (bicyclic) bond motifs is 1. The maximum atomic E-state index is 6.17. The van der Waals surface area contributed by atoms with E-state index >= 15 is 0 Å². The topological polar surface area (TPSA) is 41.1 Å². The highest BCUT2D eigenvalue weighted by Crippen LogP contribution is 2.31. The minimum atomic E-state index is 0.474. The van der Waals surface area contributed by atoms with Crippen LogP contribution in [-0.2, 0) is 0 Å². The van der Waals surface area contributed by atoms with Gasteiger partial charge in [-0.1, -0.05) is 11.6 Å². The van der Waals surface area contributed by atoms with Gasteiger partial charge in [0.15, 0.2) is 11.0 Å². The molecular weight excluding hydrogens is 248 g/mol. The highest BCUT2D eigenvalue weighted by atomic mass is 35.5. The molecule has 2 atom stereocenters. The minimum Gasteiger partial charge on any atom is -0.363 e. The molecule has 4 nitrogen and oxygen atoms in total. The summed E-state index contributed by atoms with van der Waals surface area (Å²) in [4.78, 5) is 11.4. The molecule has 2 unspecified atom stereocenters. The zero-order chi connectivity index (χ0) is 12.7. The summed E-state index contributed by atoms with van der Waals surface area (Å²) < 4.78 is 0. The maximum absolute atomic E-state index is 6.17. The molecule has 1 aromatic heterocycles. The summed E-state index contributed by atoms with van der Waals surface area (Å²) >= 11 is 6.17. The lowest BCUT2D eigenvalue weighted by atomic mass is 10.1. The first kappa shape index (κ1) is 12.2. The lowest BCUT2D eigenvalue weighted by molar-refractivity contribution is 0.318. The molecule has 0 saturated carbocycles. The summed E-state index contributed by atoms with van der Waals surface area (Å²) in [5, 5.41) is 4.00. The van der Waals surface area contributed by atoms with Crippen LogP contribution in [0.1, 0.15) is 30.7 Å². The van der Waals surface area contributed by atoms with Gasteiger partial charge in [-0.15, -0.1) is 0 Å². The molecule has 0 amide bonds. The van der Waals surface area contributed by atoms with Crippen molar-refractivity contribution < 1.29 is 0 Å². The molecule has 1 N–H and O–H groups in total. The van der Waals surface area contributed by atoms with Gasteiger partial charge < -0.3 is 5.32 Å². The van der Waals surface area contributed by atoms with Crippen LogP contribution >= 0.6 is 11.6 Å². The molecule has 1 aromatic rings. The van der Waals surface area contributed by atoms with E-state index in [9.17, 15) is 0 Å². The fourth-order valence-electron chi connectivity index (χ4n) is 3.09. The minimum absolute atomic E-state index is 0.474. The molecule has 2 aliphatic heterocycles. The van der Waals surface area contributed by atoms with Crippen LogP contribution in [0.3, 0.4) is 0 Å². The molecule has 0 aliphatic carbocycles.